The molecule has 0 saturated carbocycles. The van der Waals surface area contributed by atoms with Gasteiger partial charge in [-0.05, 0) is 31.0 Å². The van der Waals surface area contributed by atoms with Crippen LogP contribution in [0.1, 0.15) is 12.8 Å². The third kappa shape index (κ3) is 5.82. The maximum atomic E-state index is 11.3. The highest BCUT2D eigenvalue weighted by atomic mass is 35.5. The second-order valence-electron chi connectivity index (χ2n) is 5.26. The molecule has 1 aromatic rings. The topological polar surface area (TPSA) is 75.6 Å². The van der Waals surface area contributed by atoms with Crippen molar-refractivity contribution in [1.29, 1.82) is 0 Å². The van der Waals surface area contributed by atoms with Crippen molar-refractivity contribution in [3.63, 3.8) is 0 Å². The Morgan fingerprint density at radius 1 is 1.38 bits per heavy atom. The summed E-state index contributed by atoms with van der Waals surface area (Å²) in [5.41, 5.74) is 0. The van der Waals surface area contributed by atoms with Crippen LogP contribution in [-0.2, 0) is 9.84 Å². The summed E-state index contributed by atoms with van der Waals surface area (Å²) in [6.45, 7) is 0.545. The van der Waals surface area contributed by atoms with E-state index in [0.717, 1.165) is 0 Å². The van der Waals surface area contributed by atoms with Gasteiger partial charge in [0.25, 0.3) is 0 Å². The molecule has 7 heteroatoms. The van der Waals surface area contributed by atoms with Crippen molar-refractivity contribution in [2.75, 3.05) is 24.7 Å². The van der Waals surface area contributed by atoms with E-state index in [2.05, 4.69) is 5.32 Å². The highest BCUT2D eigenvalue weighted by Gasteiger charge is 2.23. The van der Waals surface area contributed by atoms with Crippen LogP contribution >= 0.6 is 11.6 Å². The highest BCUT2D eigenvalue weighted by Crippen LogP contribution is 2.17. The van der Waals surface area contributed by atoms with Crippen LogP contribution in [0.2, 0.25) is 5.02 Å². The van der Waals surface area contributed by atoms with Gasteiger partial charge in [-0.2, -0.15) is 0 Å². The quantitative estimate of drug-likeness (QED) is 0.819. The predicted molar refractivity (Wildman–Crippen MR) is 82.6 cm³/mol. The van der Waals surface area contributed by atoms with E-state index in [1.54, 1.807) is 24.3 Å². The number of sulfone groups is 1. The summed E-state index contributed by atoms with van der Waals surface area (Å²) >= 11 is 5.84. The summed E-state index contributed by atoms with van der Waals surface area (Å²) in [5.74, 6) is 1.06. The van der Waals surface area contributed by atoms with Gasteiger partial charge in [0.05, 0.1) is 11.5 Å². The van der Waals surface area contributed by atoms with Crippen LogP contribution in [0.3, 0.4) is 0 Å². The first-order chi connectivity index (χ1) is 9.94. The van der Waals surface area contributed by atoms with Crippen LogP contribution in [0, 0.1) is 0 Å². The van der Waals surface area contributed by atoms with Crippen LogP contribution in [-0.4, -0.2) is 50.3 Å². The van der Waals surface area contributed by atoms with Crippen LogP contribution in [0.15, 0.2) is 24.3 Å². The van der Waals surface area contributed by atoms with Crippen molar-refractivity contribution in [2.24, 2.45) is 0 Å². The molecule has 1 aromatic carbocycles. The molecule has 5 nitrogen and oxygen atoms in total. The molecule has 0 aliphatic carbocycles. The Bertz CT molecular complexity index is 550. The van der Waals surface area contributed by atoms with Gasteiger partial charge < -0.3 is 15.2 Å². The molecule has 0 aromatic heterocycles. The molecule has 1 aliphatic rings. The molecule has 1 fully saturated rings. The second kappa shape index (κ2) is 7.45. The summed E-state index contributed by atoms with van der Waals surface area (Å²) in [5, 5.41) is 13.6. The van der Waals surface area contributed by atoms with Crippen LogP contribution < -0.4 is 10.1 Å². The van der Waals surface area contributed by atoms with E-state index in [0.29, 0.717) is 30.2 Å². The fourth-order valence-corrected chi connectivity index (χ4v) is 3.88. The summed E-state index contributed by atoms with van der Waals surface area (Å²) in [7, 11) is -2.84. The van der Waals surface area contributed by atoms with E-state index in [1.807, 2.05) is 0 Å². The van der Waals surface area contributed by atoms with Crippen molar-refractivity contribution in [2.45, 2.75) is 25.0 Å². The molecule has 2 rings (SSSR count). The Labute approximate surface area is 130 Å². The van der Waals surface area contributed by atoms with Crippen molar-refractivity contribution in [1.82, 2.24) is 5.32 Å². The van der Waals surface area contributed by atoms with E-state index in [1.165, 1.54) is 0 Å². The molecule has 1 saturated heterocycles. The fraction of sp³-hybridized carbons (Fsp3) is 0.571. The van der Waals surface area contributed by atoms with Gasteiger partial charge in [-0.3, -0.25) is 0 Å². The number of aliphatic hydroxyl groups excluding tert-OH is 1. The zero-order valence-electron chi connectivity index (χ0n) is 11.7. The van der Waals surface area contributed by atoms with Gasteiger partial charge in [0, 0.05) is 17.6 Å². The molecule has 1 unspecified atom stereocenters. The lowest BCUT2D eigenvalue weighted by Gasteiger charge is -2.24. The average molecular weight is 334 g/mol. The van der Waals surface area contributed by atoms with Gasteiger partial charge in [-0.1, -0.05) is 17.7 Å². The van der Waals surface area contributed by atoms with Crippen LogP contribution in [0.4, 0.5) is 0 Å². The van der Waals surface area contributed by atoms with Gasteiger partial charge in [0.1, 0.15) is 28.3 Å². The molecule has 21 heavy (non-hydrogen) atoms. The molecule has 0 amide bonds. The molecular weight excluding hydrogens is 314 g/mol. The first kappa shape index (κ1) is 16.5. The van der Waals surface area contributed by atoms with Gasteiger partial charge in [0.2, 0.25) is 0 Å². The predicted octanol–water partition coefficient (Wildman–Crippen LogP) is 1.25. The van der Waals surface area contributed by atoms with Gasteiger partial charge in [0.15, 0.2) is 0 Å². The van der Waals surface area contributed by atoms with E-state index >= 15 is 0 Å². The third-order valence-electron chi connectivity index (χ3n) is 3.44. The minimum atomic E-state index is -2.84. The number of hydrogen-bond acceptors (Lipinski definition) is 5. The smallest absolute Gasteiger partial charge is 0.150 e. The van der Waals surface area contributed by atoms with E-state index in [9.17, 15) is 13.5 Å². The molecule has 0 radical (unpaired) electrons. The minimum absolute atomic E-state index is 0.148. The third-order valence-corrected chi connectivity index (χ3v) is 5.39. The summed E-state index contributed by atoms with van der Waals surface area (Å²) in [4.78, 5) is 0. The van der Waals surface area contributed by atoms with Crippen LogP contribution in [0.25, 0.3) is 0 Å². The summed E-state index contributed by atoms with van der Waals surface area (Å²) < 4.78 is 28.1. The Balaban J connectivity index is 1.67. The number of rotatable bonds is 6. The average Bonchev–Trinajstić information content (AvgIpc) is 2.44. The lowest BCUT2D eigenvalue weighted by atomic mass is 10.1. The van der Waals surface area contributed by atoms with E-state index < -0.39 is 15.9 Å². The molecule has 2 N–H and O–H groups in total. The number of hydrogen-bond donors (Lipinski definition) is 2. The number of nitrogens with one attached hydrogen (secondary N) is 1. The van der Waals surface area contributed by atoms with Crippen molar-refractivity contribution < 1.29 is 18.3 Å². The molecule has 0 bridgehead atoms. The monoisotopic (exact) mass is 333 g/mol. The molecular formula is C14H20ClNO4S. The number of benzene rings is 1. The first-order valence-electron chi connectivity index (χ1n) is 6.95. The summed E-state index contributed by atoms with van der Waals surface area (Å²) in [6.07, 6.45) is 0.552. The molecule has 1 atom stereocenters. The molecule has 118 valence electrons. The molecule has 1 aliphatic heterocycles. The van der Waals surface area contributed by atoms with Crippen LogP contribution in [0.5, 0.6) is 5.75 Å². The zero-order valence-corrected chi connectivity index (χ0v) is 13.2. The largest absolute Gasteiger partial charge is 0.491 e. The first-order valence-corrected chi connectivity index (χ1v) is 9.15. The maximum Gasteiger partial charge on any atom is 0.150 e. The summed E-state index contributed by atoms with van der Waals surface area (Å²) in [6, 6.07) is 7.15. The van der Waals surface area contributed by atoms with E-state index in [4.69, 9.17) is 16.3 Å². The van der Waals surface area contributed by atoms with Gasteiger partial charge >= 0.3 is 0 Å². The lowest BCUT2D eigenvalue weighted by molar-refractivity contribution is 0.103. The maximum absolute atomic E-state index is 11.3. The van der Waals surface area contributed by atoms with Gasteiger partial charge in [-0.25, -0.2) is 8.42 Å². The number of halogens is 1. The zero-order chi connectivity index (χ0) is 15.3. The standard InChI is InChI=1S/C14H20ClNO4S/c15-11-2-1-3-14(8-11)20-10-13(17)9-16-12-4-6-21(18,19)7-5-12/h1-3,8,12-13,16-17H,4-7,9-10H2. The van der Waals surface area contributed by atoms with E-state index in [-0.39, 0.29) is 24.2 Å². The SMILES string of the molecule is O=S1(=O)CCC(NCC(O)COc2cccc(Cl)c2)CC1. The second-order valence-corrected chi connectivity index (χ2v) is 8.00. The van der Waals surface area contributed by atoms with Crippen molar-refractivity contribution >= 4 is 21.4 Å². The number of aliphatic hydroxyl groups is 1. The minimum Gasteiger partial charge on any atom is -0.491 e. The lowest BCUT2D eigenvalue weighted by Crippen LogP contribution is -2.42. The molecule has 0 spiro atoms. The highest BCUT2D eigenvalue weighted by molar-refractivity contribution is 7.91. The molecule has 1 heterocycles. The van der Waals surface area contributed by atoms with Crippen molar-refractivity contribution in [3.8, 4) is 5.75 Å². The number of ether oxygens (including phenoxy) is 1. The Morgan fingerprint density at radius 2 is 2.10 bits per heavy atom. The van der Waals surface area contributed by atoms with Gasteiger partial charge in [-0.15, -0.1) is 0 Å². The van der Waals surface area contributed by atoms with Crippen molar-refractivity contribution in [3.05, 3.63) is 29.3 Å². The normalized spacial score (nSPS) is 20.1. The Hall–Kier alpha value is -0.820. The Kier molecular flexibility index (Phi) is 5.87. The Morgan fingerprint density at radius 3 is 2.76 bits per heavy atom. The fourth-order valence-electron chi connectivity index (χ4n) is 2.20.